The molecule has 0 saturated carbocycles. The molecule has 3 nitrogen and oxygen atoms in total. The maximum absolute atomic E-state index is 8.94. The number of methoxy groups -OCH3 is 1. The molecule has 0 aliphatic heterocycles. The van der Waals surface area contributed by atoms with Gasteiger partial charge in [-0.3, -0.25) is 0 Å². The van der Waals surface area contributed by atoms with Crippen LogP contribution in [0.3, 0.4) is 0 Å². The Hall–Kier alpha value is -2.12. The Morgan fingerprint density at radius 1 is 1.26 bits per heavy atom. The molecule has 2 aromatic rings. The molecule has 0 spiro atoms. The van der Waals surface area contributed by atoms with Crippen LogP contribution in [0, 0.1) is 11.3 Å². The summed E-state index contributed by atoms with van der Waals surface area (Å²) in [5, 5.41) is 8.94. The van der Waals surface area contributed by atoms with E-state index in [4.69, 9.17) is 15.7 Å². The largest absolute Gasteiger partial charge is 0.496 e. The van der Waals surface area contributed by atoms with E-state index in [2.05, 4.69) is 6.07 Å². The average Bonchev–Trinajstić information content (AvgIpc) is 2.46. The second kappa shape index (κ2) is 6.17. The van der Waals surface area contributed by atoms with Crippen molar-refractivity contribution in [2.75, 3.05) is 12.8 Å². The summed E-state index contributed by atoms with van der Waals surface area (Å²) in [6, 6.07) is 15.3. The molecule has 2 rings (SSSR count). The maximum atomic E-state index is 8.94. The van der Waals surface area contributed by atoms with Gasteiger partial charge in [-0.25, -0.2) is 0 Å². The minimum atomic E-state index is 0.637. The number of nitriles is 1. The van der Waals surface area contributed by atoms with Crippen molar-refractivity contribution >= 4 is 17.4 Å². The highest BCUT2D eigenvalue weighted by molar-refractivity contribution is 7.98. The van der Waals surface area contributed by atoms with E-state index >= 15 is 0 Å². The molecule has 0 atom stereocenters. The van der Waals surface area contributed by atoms with Crippen LogP contribution in [0.5, 0.6) is 5.75 Å². The van der Waals surface area contributed by atoms with E-state index in [1.165, 1.54) is 0 Å². The number of nitrogens with zero attached hydrogens (tertiary/aromatic N) is 1. The SMILES string of the molecule is COc1ccc(C#N)cc1CSc1ccccc1N. The van der Waals surface area contributed by atoms with E-state index in [0.717, 1.165) is 21.9 Å². The zero-order valence-corrected chi connectivity index (χ0v) is 11.4. The first-order valence-electron chi connectivity index (χ1n) is 5.79. The van der Waals surface area contributed by atoms with Crippen LogP contribution in [0.1, 0.15) is 11.1 Å². The molecule has 96 valence electrons. The van der Waals surface area contributed by atoms with Crippen LogP contribution in [0.2, 0.25) is 0 Å². The van der Waals surface area contributed by atoms with E-state index < -0.39 is 0 Å². The summed E-state index contributed by atoms with van der Waals surface area (Å²) in [7, 11) is 1.63. The van der Waals surface area contributed by atoms with E-state index in [1.54, 1.807) is 24.9 Å². The third-order valence-electron chi connectivity index (χ3n) is 2.71. The molecule has 0 amide bonds. The lowest BCUT2D eigenvalue weighted by Gasteiger charge is -2.09. The Balaban J connectivity index is 2.19. The summed E-state index contributed by atoms with van der Waals surface area (Å²) >= 11 is 1.63. The third-order valence-corrected chi connectivity index (χ3v) is 3.85. The van der Waals surface area contributed by atoms with Gasteiger partial charge in [0.25, 0.3) is 0 Å². The Kier molecular flexibility index (Phi) is 4.32. The maximum Gasteiger partial charge on any atom is 0.122 e. The summed E-state index contributed by atoms with van der Waals surface area (Å²) in [6.07, 6.45) is 0. The molecule has 0 aliphatic rings. The molecule has 4 heteroatoms. The van der Waals surface area contributed by atoms with Gasteiger partial charge in [0, 0.05) is 21.9 Å². The number of hydrogen-bond donors (Lipinski definition) is 1. The van der Waals surface area contributed by atoms with Gasteiger partial charge in [-0.15, -0.1) is 11.8 Å². The van der Waals surface area contributed by atoms with E-state index in [-0.39, 0.29) is 0 Å². The highest BCUT2D eigenvalue weighted by Gasteiger charge is 2.06. The molecule has 0 fully saturated rings. The van der Waals surface area contributed by atoms with Crippen LogP contribution in [-0.4, -0.2) is 7.11 Å². The fourth-order valence-corrected chi connectivity index (χ4v) is 2.67. The molecule has 0 aromatic heterocycles. The van der Waals surface area contributed by atoms with Gasteiger partial charge in [0.1, 0.15) is 5.75 Å². The Bertz CT molecular complexity index is 620. The second-order valence-electron chi connectivity index (χ2n) is 3.96. The number of ether oxygens (including phenoxy) is 1. The molecular weight excluding hydrogens is 256 g/mol. The van der Waals surface area contributed by atoms with Gasteiger partial charge in [0.15, 0.2) is 0 Å². The van der Waals surface area contributed by atoms with Gasteiger partial charge in [-0.2, -0.15) is 5.26 Å². The zero-order chi connectivity index (χ0) is 13.7. The molecule has 0 aliphatic carbocycles. The number of hydrogen-bond acceptors (Lipinski definition) is 4. The molecule has 0 heterocycles. The van der Waals surface area contributed by atoms with Gasteiger partial charge in [-0.05, 0) is 30.3 Å². The quantitative estimate of drug-likeness (QED) is 0.683. The highest BCUT2D eigenvalue weighted by atomic mass is 32.2. The number of benzene rings is 2. The van der Waals surface area contributed by atoms with E-state index in [9.17, 15) is 0 Å². The minimum absolute atomic E-state index is 0.637. The molecule has 0 saturated heterocycles. The first kappa shape index (κ1) is 13.3. The molecule has 2 N–H and O–H groups in total. The molecular formula is C15H14N2OS. The highest BCUT2D eigenvalue weighted by Crippen LogP contribution is 2.31. The average molecular weight is 270 g/mol. The van der Waals surface area contributed by atoms with Gasteiger partial charge >= 0.3 is 0 Å². The fourth-order valence-electron chi connectivity index (χ4n) is 1.73. The van der Waals surface area contributed by atoms with Gasteiger partial charge in [-0.1, -0.05) is 12.1 Å². The van der Waals surface area contributed by atoms with Gasteiger partial charge < -0.3 is 10.5 Å². The van der Waals surface area contributed by atoms with Crippen LogP contribution in [-0.2, 0) is 5.75 Å². The smallest absolute Gasteiger partial charge is 0.122 e. The molecule has 0 radical (unpaired) electrons. The molecule has 2 aromatic carbocycles. The van der Waals surface area contributed by atoms with E-state index in [0.29, 0.717) is 11.3 Å². The number of nitrogen functional groups attached to an aromatic ring is 1. The lowest BCUT2D eigenvalue weighted by atomic mass is 10.1. The van der Waals surface area contributed by atoms with Crippen molar-refractivity contribution in [2.24, 2.45) is 0 Å². The lowest BCUT2D eigenvalue weighted by molar-refractivity contribution is 0.411. The van der Waals surface area contributed by atoms with Gasteiger partial charge in [0.2, 0.25) is 0 Å². The minimum Gasteiger partial charge on any atom is -0.496 e. The van der Waals surface area contributed by atoms with Crippen molar-refractivity contribution in [1.29, 1.82) is 5.26 Å². The predicted molar refractivity (Wildman–Crippen MR) is 78.1 cm³/mol. The summed E-state index contributed by atoms with van der Waals surface area (Å²) in [5.74, 6) is 1.51. The van der Waals surface area contributed by atoms with Gasteiger partial charge in [0.05, 0.1) is 18.7 Å². The van der Waals surface area contributed by atoms with Crippen LogP contribution in [0.15, 0.2) is 47.4 Å². The Labute approximate surface area is 117 Å². The zero-order valence-electron chi connectivity index (χ0n) is 10.6. The van der Waals surface area contributed by atoms with Crippen LogP contribution >= 0.6 is 11.8 Å². The van der Waals surface area contributed by atoms with Crippen molar-refractivity contribution < 1.29 is 4.74 Å². The summed E-state index contributed by atoms with van der Waals surface area (Å²) < 4.78 is 5.31. The number of rotatable bonds is 4. The van der Waals surface area contributed by atoms with Crippen molar-refractivity contribution in [3.05, 3.63) is 53.6 Å². The van der Waals surface area contributed by atoms with E-state index in [1.807, 2.05) is 36.4 Å². The Morgan fingerprint density at radius 3 is 2.74 bits per heavy atom. The van der Waals surface area contributed by atoms with Crippen molar-refractivity contribution in [1.82, 2.24) is 0 Å². The monoisotopic (exact) mass is 270 g/mol. The predicted octanol–water partition coefficient (Wildman–Crippen LogP) is 3.44. The molecule has 0 unspecified atom stereocenters. The van der Waals surface area contributed by atoms with Crippen molar-refractivity contribution in [3.63, 3.8) is 0 Å². The number of thioether (sulfide) groups is 1. The second-order valence-corrected chi connectivity index (χ2v) is 4.98. The first-order valence-corrected chi connectivity index (χ1v) is 6.77. The number of anilines is 1. The standard InChI is InChI=1S/C15H14N2OS/c1-18-14-7-6-11(9-16)8-12(14)10-19-15-5-3-2-4-13(15)17/h2-8H,10,17H2,1H3. The number of nitrogens with two attached hydrogens (primary N) is 1. The topological polar surface area (TPSA) is 59.0 Å². The fraction of sp³-hybridized carbons (Fsp3) is 0.133. The lowest BCUT2D eigenvalue weighted by Crippen LogP contribution is -1.93. The number of para-hydroxylation sites is 1. The molecule has 0 bridgehead atoms. The van der Waals surface area contributed by atoms with Crippen molar-refractivity contribution in [2.45, 2.75) is 10.6 Å². The molecule has 19 heavy (non-hydrogen) atoms. The summed E-state index contributed by atoms with van der Waals surface area (Å²) in [4.78, 5) is 1.03. The summed E-state index contributed by atoms with van der Waals surface area (Å²) in [5.41, 5.74) is 8.31. The first-order chi connectivity index (χ1) is 9.24. The van der Waals surface area contributed by atoms with Crippen molar-refractivity contribution in [3.8, 4) is 11.8 Å². The third kappa shape index (κ3) is 3.21. The normalized spacial score (nSPS) is 9.89. The van der Waals surface area contributed by atoms with Crippen LogP contribution in [0.4, 0.5) is 5.69 Å². The summed E-state index contributed by atoms with van der Waals surface area (Å²) in [6.45, 7) is 0. The van der Waals surface area contributed by atoms with Crippen LogP contribution < -0.4 is 10.5 Å². The van der Waals surface area contributed by atoms with Crippen LogP contribution in [0.25, 0.3) is 0 Å². The Morgan fingerprint density at radius 2 is 2.05 bits per heavy atom.